The highest BCUT2D eigenvalue weighted by molar-refractivity contribution is 7.19. The number of aliphatic hydroxyl groups is 1. The largest absolute Gasteiger partial charge is 0.419 e. The minimum atomic E-state index is -4.66. The van der Waals surface area contributed by atoms with E-state index in [0.717, 1.165) is 11.3 Å². The molecule has 2 aromatic heterocycles. The third-order valence-corrected chi connectivity index (χ3v) is 3.29. The highest BCUT2D eigenvalue weighted by Crippen LogP contribution is 2.38. The molecule has 0 aliphatic carbocycles. The predicted molar refractivity (Wildman–Crippen MR) is 55.6 cm³/mol. The Morgan fingerprint density at radius 1 is 1.38 bits per heavy atom. The average molecular weight is 268 g/mol. The fourth-order valence-corrected chi connectivity index (χ4v) is 2.38. The summed E-state index contributed by atoms with van der Waals surface area (Å²) in [5.74, 6) is 0. The van der Waals surface area contributed by atoms with Gasteiger partial charge in [0.1, 0.15) is 5.15 Å². The second-order valence-corrected chi connectivity index (χ2v) is 4.61. The monoisotopic (exact) mass is 267 g/mol. The summed E-state index contributed by atoms with van der Waals surface area (Å²) >= 11 is 6.46. The molecule has 2 nitrogen and oxygen atoms in total. The number of alkyl halides is 3. The SMILES string of the molecule is OC(c1cc2nc(Cl)ccc2s1)C(F)(F)F. The molecule has 1 N–H and O–H groups in total. The molecule has 1 unspecified atom stereocenters. The van der Waals surface area contributed by atoms with Crippen LogP contribution in [0.4, 0.5) is 13.2 Å². The maximum Gasteiger partial charge on any atom is 0.419 e. The van der Waals surface area contributed by atoms with Crippen LogP contribution < -0.4 is 0 Å². The van der Waals surface area contributed by atoms with Gasteiger partial charge in [-0.3, -0.25) is 0 Å². The van der Waals surface area contributed by atoms with E-state index in [9.17, 15) is 13.2 Å². The number of aromatic nitrogens is 1. The zero-order valence-corrected chi connectivity index (χ0v) is 9.20. The first-order chi connectivity index (χ1) is 7.38. The summed E-state index contributed by atoms with van der Waals surface area (Å²) < 4.78 is 37.3. The van der Waals surface area contributed by atoms with Crippen LogP contribution in [0.3, 0.4) is 0 Å². The first-order valence-electron chi connectivity index (χ1n) is 4.18. The van der Waals surface area contributed by atoms with Crippen LogP contribution in [0, 0.1) is 0 Å². The Labute approximate surface area is 97.3 Å². The molecule has 16 heavy (non-hydrogen) atoms. The third kappa shape index (κ3) is 2.14. The summed E-state index contributed by atoms with van der Waals surface area (Å²) in [4.78, 5) is 3.68. The van der Waals surface area contributed by atoms with Gasteiger partial charge in [-0.2, -0.15) is 13.2 Å². The molecule has 2 aromatic rings. The van der Waals surface area contributed by atoms with Crippen molar-refractivity contribution in [3.8, 4) is 0 Å². The van der Waals surface area contributed by atoms with Gasteiger partial charge in [-0.1, -0.05) is 11.6 Å². The molecular formula is C9H5ClF3NOS. The van der Waals surface area contributed by atoms with E-state index in [1.54, 1.807) is 6.07 Å². The lowest BCUT2D eigenvalue weighted by atomic mass is 10.2. The van der Waals surface area contributed by atoms with E-state index in [0.29, 0.717) is 10.2 Å². The molecular weight excluding hydrogens is 263 g/mol. The van der Waals surface area contributed by atoms with Crippen molar-refractivity contribution in [2.45, 2.75) is 12.3 Å². The molecule has 0 aromatic carbocycles. The summed E-state index contributed by atoms with van der Waals surface area (Å²) in [6.45, 7) is 0. The van der Waals surface area contributed by atoms with E-state index in [-0.39, 0.29) is 10.0 Å². The van der Waals surface area contributed by atoms with Crippen molar-refractivity contribution < 1.29 is 18.3 Å². The molecule has 0 spiro atoms. The summed E-state index contributed by atoms with van der Waals surface area (Å²) in [6, 6.07) is 4.26. The van der Waals surface area contributed by atoms with Gasteiger partial charge >= 0.3 is 6.18 Å². The molecule has 0 amide bonds. The Morgan fingerprint density at radius 2 is 2.06 bits per heavy atom. The van der Waals surface area contributed by atoms with Crippen molar-refractivity contribution in [2.24, 2.45) is 0 Å². The molecule has 2 heterocycles. The van der Waals surface area contributed by atoms with Crippen LogP contribution in [-0.4, -0.2) is 16.3 Å². The quantitative estimate of drug-likeness (QED) is 0.802. The molecule has 0 radical (unpaired) electrons. The number of pyridine rings is 1. The smallest absolute Gasteiger partial charge is 0.379 e. The van der Waals surface area contributed by atoms with Crippen molar-refractivity contribution in [3.63, 3.8) is 0 Å². The van der Waals surface area contributed by atoms with Crippen LogP contribution in [-0.2, 0) is 0 Å². The lowest BCUT2D eigenvalue weighted by molar-refractivity contribution is -0.205. The summed E-state index contributed by atoms with van der Waals surface area (Å²) in [6.07, 6.45) is -7.13. The molecule has 0 saturated carbocycles. The van der Waals surface area contributed by atoms with E-state index in [4.69, 9.17) is 16.7 Å². The maximum absolute atomic E-state index is 12.3. The van der Waals surface area contributed by atoms with Gasteiger partial charge < -0.3 is 5.11 Å². The standard InChI is InChI=1S/C9H5ClF3NOS/c10-7-2-1-5-4(14-7)3-6(16-5)8(15)9(11,12)13/h1-3,8,15H. The number of thiophene rings is 1. The first-order valence-corrected chi connectivity index (χ1v) is 5.38. The zero-order valence-electron chi connectivity index (χ0n) is 7.62. The summed E-state index contributed by atoms with van der Waals surface area (Å²) in [5, 5.41) is 9.26. The summed E-state index contributed by atoms with van der Waals surface area (Å²) in [7, 11) is 0. The van der Waals surface area contributed by atoms with Gasteiger partial charge in [0.05, 0.1) is 10.2 Å². The van der Waals surface area contributed by atoms with Crippen LogP contribution >= 0.6 is 22.9 Å². The van der Waals surface area contributed by atoms with E-state index in [2.05, 4.69) is 4.98 Å². The molecule has 7 heteroatoms. The van der Waals surface area contributed by atoms with Gasteiger partial charge in [0, 0.05) is 4.88 Å². The van der Waals surface area contributed by atoms with E-state index >= 15 is 0 Å². The minimum absolute atomic E-state index is 0.183. The molecule has 1 atom stereocenters. The van der Waals surface area contributed by atoms with Gasteiger partial charge in [-0.15, -0.1) is 11.3 Å². The molecule has 2 rings (SSSR count). The Bertz CT molecular complexity index is 525. The fraction of sp³-hybridized carbons (Fsp3) is 0.222. The first kappa shape index (κ1) is 11.6. The normalized spacial score (nSPS) is 14.3. The van der Waals surface area contributed by atoms with Gasteiger partial charge in [-0.25, -0.2) is 4.98 Å². The van der Waals surface area contributed by atoms with Crippen LogP contribution in [0.2, 0.25) is 5.15 Å². The lowest BCUT2D eigenvalue weighted by Crippen LogP contribution is -2.18. The highest BCUT2D eigenvalue weighted by Gasteiger charge is 2.40. The maximum atomic E-state index is 12.3. The van der Waals surface area contributed by atoms with Crippen LogP contribution in [0.5, 0.6) is 0 Å². The predicted octanol–water partition coefficient (Wildman–Crippen LogP) is 3.55. The number of fused-ring (bicyclic) bond motifs is 1. The number of rotatable bonds is 1. The van der Waals surface area contributed by atoms with Crippen molar-refractivity contribution >= 4 is 33.2 Å². The van der Waals surface area contributed by atoms with Gasteiger partial charge in [0.15, 0.2) is 6.10 Å². The van der Waals surface area contributed by atoms with Gasteiger partial charge in [-0.05, 0) is 18.2 Å². The highest BCUT2D eigenvalue weighted by atomic mass is 35.5. The van der Waals surface area contributed by atoms with E-state index in [1.807, 2.05) is 0 Å². The van der Waals surface area contributed by atoms with Crippen LogP contribution in [0.1, 0.15) is 11.0 Å². The van der Waals surface area contributed by atoms with Crippen molar-refractivity contribution in [1.82, 2.24) is 4.98 Å². The number of halogens is 4. The van der Waals surface area contributed by atoms with E-state index < -0.39 is 12.3 Å². The Hall–Kier alpha value is -0.850. The zero-order chi connectivity index (χ0) is 11.9. The van der Waals surface area contributed by atoms with Crippen LogP contribution in [0.25, 0.3) is 10.2 Å². The van der Waals surface area contributed by atoms with Crippen molar-refractivity contribution in [1.29, 1.82) is 0 Å². The second kappa shape index (κ2) is 3.87. The van der Waals surface area contributed by atoms with Crippen LogP contribution in [0.15, 0.2) is 18.2 Å². The third-order valence-electron chi connectivity index (χ3n) is 1.94. The van der Waals surface area contributed by atoms with E-state index in [1.165, 1.54) is 12.1 Å². The summed E-state index contributed by atoms with van der Waals surface area (Å²) in [5.41, 5.74) is 0.357. The van der Waals surface area contributed by atoms with Crippen molar-refractivity contribution in [3.05, 3.63) is 28.2 Å². The second-order valence-electron chi connectivity index (χ2n) is 3.11. The van der Waals surface area contributed by atoms with Gasteiger partial charge in [0.25, 0.3) is 0 Å². The van der Waals surface area contributed by atoms with Crippen molar-refractivity contribution in [2.75, 3.05) is 0 Å². The Morgan fingerprint density at radius 3 is 2.69 bits per heavy atom. The Kier molecular flexibility index (Phi) is 2.81. The lowest BCUT2D eigenvalue weighted by Gasteiger charge is -2.11. The molecule has 0 aliphatic rings. The average Bonchev–Trinajstić information content (AvgIpc) is 2.57. The number of hydrogen-bond acceptors (Lipinski definition) is 3. The topological polar surface area (TPSA) is 33.1 Å². The molecule has 0 fully saturated rings. The van der Waals surface area contributed by atoms with Gasteiger partial charge in [0.2, 0.25) is 0 Å². The molecule has 86 valence electrons. The fourth-order valence-electron chi connectivity index (χ4n) is 1.21. The number of aliphatic hydroxyl groups excluding tert-OH is 1. The molecule has 0 bridgehead atoms. The minimum Gasteiger partial charge on any atom is -0.379 e. The number of hydrogen-bond donors (Lipinski definition) is 1. The number of nitrogens with zero attached hydrogens (tertiary/aromatic N) is 1. The molecule has 0 saturated heterocycles. The molecule has 0 aliphatic heterocycles. The Balaban J connectivity index is 2.47.